The summed E-state index contributed by atoms with van der Waals surface area (Å²) in [4.78, 5) is 22.1. The lowest BCUT2D eigenvalue weighted by Gasteiger charge is -2.06. The highest BCUT2D eigenvalue weighted by molar-refractivity contribution is 9.10. The molecule has 0 saturated carbocycles. The Kier molecular flexibility index (Phi) is 4.20. The van der Waals surface area contributed by atoms with Gasteiger partial charge in [-0.15, -0.1) is 0 Å². The lowest BCUT2D eigenvalue weighted by Crippen LogP contribution is -2.08. The van der Waals surface area contributed by atoms with Gasteiger partial charge in [-0.3, -0.25) is 4.79 Å². The summed E-state index contributed by atoms with van der Waals surface area (Å²) in [6.45, 7) is 1.91. The van der Waals surface area contributed by atoms with Gasteiger partial charge in [0.05, 0.1) is 17.7 Å². The zero-order valence-corrected chi connectivity index (χ0v) is 10.1. The minimum atomic E-state index is -0.572. The number of rotatable bonds is 3. The number of carbonyl (C=O) groups excluding carboxylic acids is 2. The maximum Gasteiger partial charge on any atom is 0.339 e. The van der Waals surface area contributed by atoms with Crippen LogP contribution in [0.5, 0.6) is 0 Å². The van der Waals surface area contributed by atoms with Crippen molar-refractivity contribution in [2.24, 2.45) is 0 Å². The first kappa shape index (κ1) is 12.4. The van der Waals surface area contributed by atoms with E-state index in [0.717, 1.165) is 0 Å². The van der Waals surface area contributed by atoms with E-state index < -0.39 is 5.97 Å². The lowest BCUT2D eigenvalue weighted by atomic mass is 10.1. The molecule has 4 nitrogen and oxygen atoms in total. The van der Waals surface area contributed by atoms with Crippen LogP contribution in [-0.4, -0.2) is 18.9 Å². The molecule has 1 aromatic carbocycles. The first-order chi connectivity index (χ1) is 7.65. The van der Waals surface area contributed by atoms with Gasteiger partial charge in [-0.25, -0.2) is 4.79 Å². The number of esters is 1. The SMILES string of the molecule is CCOC(=O)c1ccc(C=O)c(Br)c1C#N. The molecule has 0 aliphatic heterocycles. The Morgan fingerprint density at radius 3 is 2.81 bits per heavy atom. The molecule has 0 spiro atoms. The van der Waals surface area contributed by atoms with Crippen molar-refractivity contribution in [2.45, 2.75) is 6.92 Å². The quantitative estimate of drug-likeness (QED) is 0.630. The molecular formula is C11H8BrNO3. The van der Waals surface area contributed by atoms with Crippen LogP contribution in [0, 0.1) is 11.3 Å². The van der Waals surface area contributed by atoms with Crippen LogP contribution < -0.4 is 0 Å². The Bertz CT molecular complexity index is 477. The number of nitrogens with zero attached hydrogens (tertiary/aromatic N) is 1. The van der Waals surface area contributed by atoms with Gasteiger partial charge in [0.1, 0.15) is 6.07 Å². The van der Waals surface area contributed by atoms with Crippen molar-refractivity contribution in [1.29, 1.82) is 5.26 Å². The average molecular weight is 282 g/mol. The second kappa shape index (κ2) is 5.42. The topological polar surface area (TPSA) is 67.2 Å². The lowest BCUT2D eigenvalue weighted by molar-refractivity contribution is 0.0525. The molecule has 0 radical (unpaired) electrons. The van der Waals surface area contributed by atoms with E-state index in [-0.39, 0.29) is 17.7 Å². The van der Waals surface area contributed by atoms with Crippen LogP contribution in [0.3, 0.4) is 0 Å². The zero-order valence-electron chi connectivity index (χ0n) is 8.49. The average Bonchev–Trinajstić information content (AvgIpc) is 2.28. The number of carbonyl (C=O) groups is 2. The number of aldehydes is 1. The third kappa shape index (κ3) is 2.28. The van der Waals surface area contributed by atoms with Crippen LogP contribution in [0.1, 0.15) is 33.2 Å². The molecule has 1 aromatic rings. The van der Waals surface area contributed by atoms with Gasteiger partial charge in [-0.1, -0.05) is 0 Å². The standard InChI is InChI=1S/C11H8BrNO3/c1-2-16-11(15)8-4-3-7(6-14)10(12)9(8)5-13/h3-4,6H,2H2,1H3. The molecule has 0 saturated heterocycles. The Balaban J connectivity index is 3.32. The van der Waals surface area contributed by atoms with Crippen LogP contribution in [0.25, 0.3) is 0 Å². The molecule has 0 bridgehead atoms. The van der Waals surface area contributed by atoms with E-state index in [2.05, 4.69) is 15.9 Å². The van der Waals surface area contributed by atoms with Crippen molar-refractivity contribution in [2.75, 3.05) is 6.61 Å². The van der Waals surface area contributed by atoms with Gasteiger partial charge in [-0.2, -0.15) is 5.26 Å². The number of ether oxygens (including phenoxy) is 1. The minimum absolute atomic E-state index is 0.114. The summed E-state index contributed by atoms with van der Waals surface area (Å²) in [5.41, 5.74) is 0.592. The molecule has 0 heterocycles. The van der Waals surface area contributed by atoms with Gasteiger partial charge in [0.15, 0.2) is 6.29 Å². The summed E-state index contributed by atoms with van der Waals surface area (Å²) in [5.74, 6) is -0.572. The highest BCUT2D eigenvalue weighted by Gasteiger charge is 2.17. The minimum Gasteiger partial charge on any atom is -0.462 e. The number of hydrogen-bond donors (Lipinski definition) is 0. The molecule has 0 aliphatic carbocycles. The van der Waals surface area contributed by atoms with Crippen molar-refractivity contribution >= 4 is 28.2 Å². The van der Waals surface area contributed by atoms with Crippen LogP contribution >= 0.6 is 15.9 Å². The Hall–Kier alpha value is -1.67. The van der Waals surface area contributed by atoms with Crippen molar-refractivity contribution in [3.63, 3.8) is 0 Å². The predicted molar refractivity (Wildman–Crippen MR) is 60.2 cm³/mol. The molecular weight excluding hydrogens is 274 g/mol. The van der Waals surface area contributed by atoms with Gasteiger partial charge in [0, 0.05) is 10.0 Å². The third-order valence-corrected chi connectivity index (χ3v) is 2.76. The Morgan fingerprint density at radius 1 is 1.62 bits per heavy atom. The van der Waals surface area contributed by atoms with E-state index in [1.165, 1.54) is 12.1 Å². The molecule has 0 N–H and O–H groups in total. The van der Waals surface area contributed by atoms with E-state index in [0.29, 0.717) is 16.3 Å². The highest BCUT2D eigenvalue weighted by Crippen LogP contribution is 2.24. The molecule has 0 fully saturated rings. The van der Waals surface area contributed by atoms with Crippen molar-refractivity contribution in [3.05, 3.63) is 33.3 Å². The summed E-state index contributed by atoms with van der Waals surface area (Å²) in [7, 11) is 0. The largest absolute Gasteiger partial charge is 0.462 e. The third-order valence-electron chi connectivity index (χ3n) is 1.91. The molecule has 0 aliphatic rings. The van der Waals surface area contributed by atoms with Crippen molar-refractivity contribution in [1.82, 2.24) is 0 Å². The Labute approximate surface area is 101 Å². The fourth-order valence-electron chi connectivity index (χ4n) is 1.17. The molecule has 0 unspecified atom stereocenters. The van der Waals surface area contributed by atoms with Gasteiger partial charge in [-0.05, 0) is 35.0 Å². The van der Waals surface area contributed by atoms with Gasteiger partial charge in [0.25, 0.3) is 0 Å². The summed E-state index contributed by atoms with van der Waals surface area (Å²) in [6, 6.07) is 4.74. The van der Waals surface area contributed by atoms with E-state index in [1.807, 2.05) is 6.07 Å². The van der Waals surface area contributed by atoms with E-state index in [4.69, 9.17) is 10.00 Å². The molecule has 5 heteroatoms. The number of halogens is 1. The van der Waals surface area contributed by atoms with Crippen LogP contribution in [0.15, 0.2) is 16.6 Å². The first-order valence-corrected chi connectivity index (χ1v) is 5.29. The monoisotopic (exact) mass is 281 g/mol. The van der Waals surface area contributed by atoms with E-state index in [9.17, 15) is 9.59 Å². The second-order valence-corrected chi connectivity index (χ2v) is 3.63. The number of nitriles is 1. The normalized spacial score (nSPS) is 9.31. The zero-order chi connectivity index (χ0) is 12.1. The van der Waals surface area contributed by atoms with Crippen LogP contribution in [0.4, 0.5) is 0 Å². The molecule has 0 atom stereocenters. The van der Waals surface area contributed by atoms with Crippen LogP contribution in [0.2, 0.25) is 0 Å². The summed E-state index contributed by atoms with van der Waals surface area (Å²) in [6.07, 6.45) is 0.611. The van der Waals surface area contributed by atoms with Crippen molar-refractivity contribution < 1.29 is 14.3 Å². The first-order valence-electron chi connectivity index (χ1n) is 4.50. The Morgan fingerprint density at radius 2 is 2.31 bits per heavy atom. The molecule has 0 amide bonds. The smallest absolute Gasteiger partial charge is 0.339 e. The fraction of sp³-hybridized carbons (Fsp3) is 0.182. The summed E-state index contributed by atoms with van der Waals surface area (Å²) < 4.78 is 5.12. The maximum absolute atomic E-state index is 11.5. The fourth-order valence-corrected chi connectivity index (χ4v) is 1.70. The van der Waals surface area contributed by atoms with Crippen LogP contribution in [-0.2, 0) is 4.74 Å². The van der Waals surface area contributed by atoms with Gasteiger partial charge >= 0.3 is 5.97 Å². The molecule has 82 valence electrons. The second-order valence-electron chi connectivity index (χ2n) is 2.84. The molecule has 1 rings (SSSR count). The summed E-state index contributed by atoms with van der Waals surface area (Å²) >= 11 is 3.11. The predicted octanol–water partition coefficient (Wildman–Crippen LogP) is 2.31. The number of benzene rings is 1. The van der Waals surface area contributed by atoms with E-state index in [1.54, 1.807) is 6.92 Å². The molecule has 0 aromatic heterocycles. The van der Waals surface area contributed by atoms with Gasteiger partial charge in [0.2, 0.25) is 0 Å². The highest BCUT2D eigenvalue weighted by atomic mass is 79.9. The number of hydrogen-bond acceptors (Lipinski definition) is 4. The molecule has 16 heavy (non-hydrogen) atoms. The van der Waals surface area contributed by atoms with E-state index >= 15 is 0 Å². The van der Waals surface area contributed by atoms with Gasteiger partial charge < -0.3 is 4.74 Å². The van der Waals surface area contributed by atoms with Crippen molar-refractivity contribution in [3.8, 4) is 6.07 Å². The summed E-state index contributed by atoms with van der Waals surface area (Å²) in [5, 5.41) is 8.93. The maximum atomic E-state index is 11.5.